The van der Waals surface area contributed by atoms with E-state index in [1.165, 1.54) is 6.08 Å². The number of aliphatic hydroxyl groups excluding tert-OH is 1. The molecule has 0 radical (unpaired) electrons. The Bertz CT molecular complexity index is 246. The van der Waals surface area contributed by atoms with Crippen molar-refractivity contribution in [3.63, 3.8) is 0 Å². The lowest BCUT2D eigenvalue weighted by atomic mass is 10.2. The van der Waals surface area contributed by atoms with Crippen LogP contribution in [-0.4, -0.2) is 34.2 Å². The fourth-order valence-electron chi connectivity index (χ4n) is 1.15. The summed E-state index contributed by atoms with van der Waals surface area (Å²) in [7, 11) is 0. The zero-order chi connectivity index (χ0) is 11.1. The van der Waals surface area contributed by atoms with Gasteiger partial charge < -0.3 is 15.1 Å². The molecule has 2 N–H and O–H groups in total. The molecule has 0 aromatic heterocycles. The number of hydrogen-bond acceptors (Lipinski definition) is 3. The molecule has 14 heavy (non-hydrogen) atoms. The zero-order valence-corrected chi connectivity index (χ0v) is 8.66. The fraction of sp³-hybridized carbons (Fsp3) is 0.500. The van der Waals surface area contributed by atoms with E-state index in [1.807, 2.05) is 13.8 Å². The molecule has 0 saturated heterocycles. The molecule has 80 valence electrons. The van der Waals surface area contributed by atoms with Crippen molar-refractivity contribution >= 4 is 5.97 Å². The first-order valence-electron chi connectivity index (χ1n) is 4.58. The summed E-state index contributed by atoms with van der Waals surface area (Å²) in [6, 6.07) is 0. The van der Waals surface area contributed by atoms with Gasteiger partial charge >= 0.3 is 5.97 Å². The minimum Gasteiger partial charge on any atom is -0.477 e. The maximum Gasteiger partial charge on any atom is 0.352 e. The van der Waals surface area contributed by atoms with Gasteiger partial charge in [-0.15, -0.1) is 0 Å². The summed E-state index contributed by atoms with van der Waals surface area (Å²) in [6.07, 6.45) is 1.95. The van der Waals surface area contributed by atoms with Crippen molar-refractivity contribution in [2.45, 2.75) is 20.3 Å². The average Bonchev–Trinajstić information content (AvgIpc) is 2.16. The third kappa shape index (κ3) is 3.22. The number of rotatable bonds is 6. The molecule has 0 aromatic rings. The maximum absolute atomic E-state index is 10.8. The largest absolute Gasteiger partial charge is 0.477 e. The lowest BCUT2D eigenvalue weighted by molar-refractivity contribution is -0.134. The Labute approximate surface area is 84.2 Å². The Morgan fingerprint density at radius 3 is 2.36 bits per heavy atom. The lowest BCUT2D eigenvalue weighted by Gasteiger charge is -2.24. The smallest absolute Gasteiger partial charge is 0.352 e. The quantitative estimate of drug-likeness (QED) is 0.631. The number of likely N-dealkylation sites (N-methyl/N-ethyl adjacent to an activating group) is 1. The molecule has 0 aliphatic carbocycles. The molecular weight excluding hydrogens is 182 g/mol. The predicted octanol–water partition coefficient (Wildman–Crippen LogP) is 1.19. The van der Waals surface area contributed by atoms with Crippen molar-refractivity contribution < 1.29 is 15.0 Å². The predicted molar refractivity (Wildman–Crippen MR) is 54.6 cm³/mol. The van der Waals surface area contributed by atoms with Crippen LogP contribution in [0.5, 0.6) is 0 Å². The molecule has 4 nitrogen and oxygen atoms in total. The van der Waals surface area contributed by atoms with Gasteiger partial charge in [-0.05, 0) is 19.4 Å². The Balaban J connectivity index is 4.86. The van der Waals surface area contributed by atoms with Gasteiger partial charge in [-0.25, -0.2) is 4.79 Å². The van der Waals surface area contributed by atoms with Crippen molar-refractivity contribution in [2.75, 3.05) is 13.2 Å². The van der Waals surface area contributed by atoms with Gasteiger partial charge in [0.15, 0.2) is 0 Å². The van der Waals surface area contributed by atoms with Gasteiger partial charge in [0.25, 0.3) is 0 Å². The molecule has 0 rings (SSSR count). The fourth-order valence-corrected chi connectivity index (χ4v) is 1.15. The minimum atomic E-state index is -1.05. The van der Waals surface area contributed by atoms with Crippen molar-refractivity contribution in [2.24, 2.45) is 0 Å². The van der Waals surface area contributed by atoms with Gasteiger partial charge in [-0.2, -0.15) is 0 Å². The summed E-state index contributed by atoms with van der Waals surface area (Å²) in [5.74, 6) is -1.05. The lowest BCUT2D eigenvalue weighted by Crippen LogP contribution is -2.26. The van der Waals surface area contributed by atoms with E-state index in [0.717, 1.165) is 5.70 Å². The van der Waals surface area contributed by atoms with Crippen LogP contribution in [0.3, 0.4) is 0 Å². The van der Waals surface area contributed by atoms with Gasteiger partial charge in [0.05, 0.1) is 6.61 Å². The molecule has 0 fully saturated rings. The highest BCUT2D eigenvalue weighted by Crippen LogP contribution is 2.13. The first-order chi connectivity index (χ1) is 6.58. The van der Waals surface area contributed by atoms with Gasteiger partial charge in [0, 0.05) is 12.2 Å². The van der Waals surface area contributed by atoms with Crippen molar-refractivity contribution in [1.29, 1.82) is 0 Å². The van der Waals surface area contributed by atoms with Gasteiger partial charge in [-0.3, -0.25) is 0 Å². The summed E-state index contributed by atoms with van der Waals surface area (Å²) in [6.45, 7) is 7.77. The van der Waals surface area contributed by atoms with E-state index >= 15 is 0 Å². The molecule has 0 aromatic carbocycles. The van der Waals surface area contributed by atoms with Gasteiger partial charge in [0.2, 0.25) is 0 Å². The summed E-state index contributed by atoms with van der Waals surface area (Å²) < 4.78 is 0. The second kappa shape index (κ2) is 6.21. The SMILES string of the molecule is C=C(CC)N(CC)/C(=C\CO)C(=O)O. The number of carbonyl (C=O) groups is 1. The van der Waals surface area contributed by atoms with Crippen LogP contribution >= 0.6 is 0 Å². The normalized spacial score (nSPS) is 11.2. The zero-order valence-electron chi connectivity index (χ0n) is 8.66. The summed E-state index contributed by atoms with van der Waals surface area (Å²) in [5, 5.41) is 17.6. The van der Waals surface area contributed by atoms with Crippen molar-refractivity contribution in [3.05, 3.63) is 24.0 Å². The van der Waals surface area contributed by atoms with Crippen molar-refractivity contribution in [3.8, 4) is 0 Å². The van der Waals surface area contributed by atoms with E-state index in [-0.39, 0.29) is 12.3 Å². The maximum atomic E-state index is 10.8. The molecule has 0 spiro atoms. The second-order valence-corrected chi connectivity index (χ2v) is 2.74. The summed E-state index contributed by atoms with van der Waals surface area (Å²) >= 11 is 0. The molecule has 0 unspecified atom stereocenters. The Morgan fingerprint density at radius 1 is 1.50 bits per heavy atom. The number of hydrogen-bond donors (Lipinski definition) is 2. The molecule has 4 heteroatoms. The molecule has 0 heterocycles. The number of carboxylic acids is 1. The topological polar surface area (TPSA) is 60.8 Å². The standard InChI is InChI=1S/C10H17NO3/c1-4-8(3)11(5-2)9(6-7-12)10(13)14/h6,12H,3-5,7H2,1-2H3,(H,13,14)/b9-6-. The Kier molecular flexibility index (Phi) is 5.64. The Hall–Kier alpha value is -1.29. The van der Waals surface area contributed by atoms with E-state index in [4.69, 9.17) is 10.2 Å². The Morgan fingerprint density at radius 2 is 2.07 bits per heavy atom. The van der Waals surface area contributed by atoms with Crippen LogP contribution in [0.25, 0.3) is 0 Å². The van der Waals surface area contributed by atoms with Crippen LogP contribution in [0.4, 0.5) is 0 Å². The van der Waals surface area contributed by atoms with Crippen LogP contribution in [0.15, 0.2) is 24.0 Å². The third-order valence-corrected chi connectivity index (χ3v) is 1.90. The van der Waals surface area contributed by atoms with Crippen LogP contribution < -0.4 is 0 Å². The van der Waals surface area contributed by atoms with E-state index in [9.17, 15) is 4.79 Å². The van der Waals surface area contributed by atoms with Gasteiger partial charge in [-0.1, -0.05) is 13.5 Å². The second-order valence-electron chi connectivity index (χ2n) is 2.74. The number of nitrogens with zero attached hydrogens (tertiary/aromatic N) is 1. The van der Waals surface area contributed by atoms with E-state index in [1.54, 1.807) is 4.90 Å². The number of aliphatic carboxylic acids is 1. The molecule has 0 atom stereocenters. The van der Waals surface area contributed by atoms with Gasteiger partial charge in [0.1, 0.15) is 5.70 Å². The summed E-state index contributed by atoms with van der Waals surface area (Å²) in [4.78, 5) is 12.4. The molecule has 0 saturated carbocycles. The van der Waals surface area contributed by atoms with E-state index in [0.29, 0.717) is 13.0 Å². The summed E-state index contributed by atoms with van der Waals surface area (Å²) in [5.41, 5.74) is 0.816. The van der Waals surface area contributed by atoms with E-state index in [2.05, 4.69) is 6.58 Å². The first-order valence-corrected chi connectivity index (χ1v) is 4.58. The number of allylic oxidation sites excluding steroid dienone is 1. The average molecular weight is 199 g/mol. The van der Waals surface area contributed by atoms with Crippen LogP contribution in [0.2, 0.25) is 0 Å². The van der Waals surface area contributed by atoms with E-state index < -0.39 is 5.97 Å². The monoisotopic (exact) mass is 199 g/mol. The highest BCUT2D eigenvalue weighted by molar-refractivity contribution is 5.86. The molecule has 0 aliphatic heterocycles. The van der Waals surface area contributed by atoms with Crippen LogP contribution in [-0.2, 0) is 4.79 Å². The highest BCUT2D eigenvalue weighted by atomic mass is 16.4. The number of aliphatic hydroxyl groups is 1. The first kappa shape index (κ1) is 12.7. The minimum absolute atomic E-state index is 0.0850. The third-order valence-electron chi connectivity index (χ3n) is 1.90. The number of carboxylic acid groups (broad SMARTS) is 1. The molecular formula is C10H17NO3. The highest BCUT2D eigenvalue weighted by Gasteiger charge is 2.16. The van der Waals surface area contributed by atoms with Crippen molar-refractivity contribution in [1.82, 2.24) is 4.90 Å². The molecule has 0 bridgehead atoms. The molecule has 0 amide bonds. The molecule has 0 aliphatic rings. The van der Waals surface area contributed by atoms with Crippen LogP contribution in [0.1, 0.15) is 20.3 Å². The van der Waals surface area contributed by atoms with Crippen LogP contribution in [0, 0.1) is 0 Å².